The molecule has 2 aromatic carbocycles. The van der Waals surface area contributed by atoms with Gasteiger partial charge in [0, 0.05) is 11.6 Å². The molecule has 1 nitrogen and oxygen atoms in total. The minimum absolute atomic E-state index is 0.0873. The third kappa shape index (κ3) is 4.02. The van der Waals surface area contributed by atoms with Crippen molar-refractivity contribution in [3.63, 3.8) is 0 Å². The van der Waals surface area contributed by atoms with Crippen molar-refractivity contribution in [3.05, 3.63) is 70.2 Å². The molecule has 2 aromatic rings. The van der Waals surface area contributed by atoms with E-state index in [2.05, 4.69) is 5.32 Å². The molecule has 0 aromatic heterocycles. The first-order chi connectivity index (χ1) is 10.1. The van der Waals surface area contributed by atoms with Gasteiger partial charge in [-0.05, 0) is 37.1 Å². The number of nitrogens with one attached hydrogen (secondary N) is 1. The Bertz CT molecular complexity index is 601. The van der Waals surface area contributed by atoms with Crippen molar-refractivity contribution in [2.45, 2.75) is 25.8 Å². The topological polar surface area (TPSA) is 12.0 Å². The highest BCUT2D eigenvalue weighted by Gasteiger charge is 2.18. The number of benzene rings is 2. The fourth-order valence-electron chi connectivity index (χ4n) is 2.28. The third-order valence-corrected chi connectivity index (χ3v) is 3.67. The van der Waals surface area contributed by atoms with Gasteiger partial charge in [0.2, 0.25) is 0 Å². The Balaban J connectivity index is 2.30. The van der Waals surface area contributed by atoms with Crippen molar-refractivity contribution in [2.75, 3.05) is 6.54 Å². The van der Waals surface area contributed by atoms with Crippen LogP contribution in [0.1, 0.15) is 30.5 Å². The second-order valence-corrected chi connectivity index (χ2v) is 5.35. The van der Waals surface area contributed by atoms with E-state index in [9.17, 15) is 8.78 Å². The molecular formula is C17H18ClF2N. The van der Waals surface area contributed by atoms with Gasteiger partial charge in [0.1, 0.15) is 11.6 Å². The first kappa shape index (κ1) is 15.9. The Morgan fingerprint density at radius 1 is 1.10 bits per heavy atom. The maximum absolute atomic E-state index is 14.2. The average molecular weight is 310 g/mol. The van der Waals surface area contributed by atoms with Gasteiger partial charge in [0.15, 0.2) is 0 Å². The Morgan fingerprint density at radius 3 is 2.57 bits per heavy atom. The molecule has 0 aliphatic heterocycles. The zero-order valence-corrected chi connectivity index (χ0v) is 12.6. The molecule has 0 fully saturated rings. The van der Waals surface area contributed by atoms with Gasteiger partial charge in [-0.15, -0.1) is 0 Å². The molecular weight excluding hydrogens is 292 g/mol. The second kappa shape index (κ2) is 7.53. The second-order valence-electron chi connectivity index (χ2n) is 4.95. The first-order valence-electron chi connectivity index (χ1n) is 7.04. The maximum atomic E-state index is 14.2. The van der Waals surface area contributed by atoms with Crippen molar-refractivity contribution in [3.8, 4) is 0 Å². The Morgan fingerprint density at radius 2 is 1.86 bits per heavy atom. The fraction of sp³-hybridized carbons (Fsp3) is 0.294. The van der Waals surface area contributed by atoms with Crippen LogP contribution in [0.3, 0.4) is 0 Å². The van der Waals surface area contributed by atoms with Crippen LogP contribution in [0.25, 0.3) is 0 Å². The fourth-order valence-corrected chi connectivity index (χ4v) is 2.47. The lowest BCUT2D eigenvalue weighted by molar-refractivity contribution is 0.487. The van der Waals surface area contributed by atoms with Gasteiger partial charge in [-0.25, -0.2) is 8.78 Å². The molecule has 1 atom stereocenters. The molecule has 0 heterocycles. The van der Waals surface area contributed by atoms with E-state index in [1.165, 1.54) is 12.1 Å². The molecule has 1 unspecified atom stereocenters. The largest absolute Gasteiger partial charge is 0.310 e. The van der Waals surface area contributed by atoms with E-state index in [0.29, 0.717) is 17.5 Å². The molecule has 21 heavy (non-hydrogen) atoms. The molecule has 0 saturated carbocycles. The maximum Gasteiger partial charge on any atom is 0.146 e. The van der Waals surface area contributed by atoms with E-state index in [0.717, 1.165) is 13.0 Å². The summed E-state index contributed by atoms with van der Waals surface area (Å²) in [5, 5.41) is 3.35. The Hall–Kier alpha value is -1.45. The summed E-state index contributed by atoms with van der Waals surface area (Å²) in [5.74, 6) is -0.715. The molecule has 0 radical (unpaired) electrons. The van der Waals surface area contributed by atoms with Crippen LogP contribution in [0.5, 0.6) is 0 Å². The summed E-state index contributed by atoms with van der Waals surface area (Å²) in [4.78, 5) is 0. The van der Waals surface area contributed by atoms with Crippen LogP contribution in [0.15, 0.2) is 42.5 Å². The minimum atomic E-state index is -0.441. The van der Waals surface area contributed by atoms with Crippen molar-refractivity contribution in [1.82, 2.24) is 5.32 Å². The van der Waals surface area contributed by atoms with Gasteiger partial charge in [0.25, 0.3) is 0 Å². The van der Waals surface area contributed by atoms with Crippen molar-refractivity contribution < 1.29 is 8.78 Å². The molecule has 2 rings (SSSR count). The SMILES string of the molecule is CCCNC(Cc1ccccc1F)c1cccc(Cl)c1F. The summed E-state index contributed by atoms with van der Waals surface area (Å²) in [6.45, 7) is 2.76. The molecule has 0 bridgehead atoms. The van der Waals surface area contributed by atoms with E-state index < -0.39 is 5.82 Å². The van der Waals surface area contributed by atoms with E-state index in [1.54, 1.807) is 30.3 Å². The summed E-state index contributed by atoms with van der Waals surface area (Å²) < 4.78 is 28.0. The quantitative estimate of drug-likeness (QED) is 0.800. The molecule has 0 saturated heterocycles. The minimum Gasteiger partial charge on any atom is -0.310 e. The molecule has 112 valence electrons. The van der Waals surface area contributed by atoms with Gasteiger partial charge < -0.3 is 5.32 Å². The molecule has 4 heteroatoms. The zero-order valence-electron chi connectivity index (χ0n) is 11.9. The Kier molecular flexibility index (Phi) is 5.71. The van der Waals surface area contributed by atoms with Crippen molar-refractivity contribution in [2.24, 2.45) is 0 Å². The first-order valence-corrected chi connectivity index (χ1v) is 7.42. The van der Waals surface area contributed by atoms with Gasteiger partial charge in [0.05, 0.1) is 5.02 Å². The lowest BCUT2D eigenvalue weighted by Crippen LogP contribution is -2.25. The van der Waals surface area contributed by atoms with E-state index in [-0.39, 0.29) is 16.9 Å². The van der Waals surface area contributed by atoms with Gasteiger partial charge in [-0.3, -0.25) is 0 Å². The van der Waals surface area contributed by atoms with Crippen LogP contribution >= 0.6 is 11.6 Å². The van der Waals surface area contributed by atoms with E-state index in [4.69, 9.17) is 11.6 Å². The van der Waals surface area contributed by atoms with Crippen LogP contribution in [0.2, 0.25) is 5.02 Å². The van der Waals surface area contributed by atoms with Crippen LogP contribution in [-0.2, 0) is 6.42 Å². The predicted molar refractivity (Wildman–Crippen MR) is 82.5 cm³/mol. The lowest BCUT2D eigenvalue weighted by atomic mass is 9.98. The van der Waals surface area contributed by atoms with Crippen LogP contribution in [-0.4, -0.2) is 6.54 Å². The summed E-state index contributed by atoms with van der Waals surface area (Å²) >= 11 is 5.85. The zero-order chi connectivity index (χ0) is 15.2. The molecule has 0 amide bonds. The predicted octanol–water partition coefficient (Wildman–Crippen LogP) is 4.90. The van der Waals surface area contributed by atoms with E-state index in [1.807, 2.05) is 6.92 Å². The van der Waals surface area contributed by atoms with Crippen molar-refractivity contribution >= 4 is 11.6 Å². The third-order valence-electron chi connectivity index (χ3n) is 3.38. The lowest BCUT2D eigenvalue weighted by Gasteiger charge is -2.20. The van der Waals surface area contributed by atoms with Crippen molar-refractivity contribution in [1.29, 1.82) is 0 Å². The average Bonchev–Trinajstić information content (AvgIpc) is 2.48. The highest BCUT2D eigenvalue weighted by molar-refractivity contribution is 6.30. The number of hydrogen-bond donors (Lipinski definition) is 1. The van der Waals surface area contributed by atoms with Gasteiger partial charge in [-0.2, -0.15) is 0 Å². The molecule has 0 spiro atoms. The summed E-state index contributed by atoms with van der Waals surface area (Å²) in [5.41, 5.74) is 1.03. The highest BCUT2D eigenvalue weighted by Crippen LogP contribution is 2.26. The summed E-state index contributed by atoms with van der Waals surface area (Å²) in [7, 11) is 0. The van der Waals surface area contributed by atoms with Gasteiger partial charge in [-0.1, -0.05) is 48.9 Å². The van der Waals surface area contributed by atoms with E-state index >= 15 is 0 Å². The normalized spacial score (nSPS) is 12.4. The number of hydrogen-bond acceptors (Lipinski definition) is 1. The molecule has 0 aliphatic rings. The standard InChI is InChI=1S/C17H18ClF2N/c1-2-10-21-16(11-12-6-3-4-9-15(12)19)13-7-5-8-14(18)17(13)20/h3-9,16,21H,2,10-11H2,1H3. The monoisotopic (exact) mass is 309 g/mol. The highest BCUT2D eigenvalue weighted by atomic mass is 35.5. The summed E-state index contributed by atoms with van der Waals surface area (Å²) in [6, 6.07) is 11.2. The number of halogens is 3. The Labute approximate surface area is 128 Å². The van der Waals surface area contributed by atoms with Crippen LogP contribution in [0, 0.1) is 11.6 Å². The van der Waals surface area contributed by atoms with Gasteiger partial charge >= 0.3 is 0 Å². The van der Waals surface area contributed by atoms with Crippen LogP contribution < -0.4 is 5.32 Å². The molecule has 0 aliphatic carbocycles. The summed E-state index contributed by atoms with van der Waals surface area (Å²) in [6.07, 6.45) is 1.29. The molecule has 1 N–H and O–H groups in total. The van der Waals surface area contributed by atoms with Crippen LogP contribution in [0.4, 0.5) is 8.78 Å². The number of rotatable bonds is 6. The smallest absolute Gasteiger partial charge is 0.146 e.